The summed E-state index contributed by atoms with van der Waals surface area (Å²) in [6.07, 6.45) is 0. The Hall–Kier alpha value is -1.09. The summed E-state index contributed by atoms with van der Waals surface area (Å²) in [6, 6.07) is 4.69. The second-order valence-corrected chi connectivity index (χ2v) is 2.14. The van der Waals surface area contributed by atoms with Crippen molar-refractivity contribution in [1.82, 2.24) is 0 Å². The number of hydrogen-bond acceptors (Lipinski definition) is 2. The largest absolute Gasteiger partial charge is 0.493 e. The molecule has 0 fully saturated rings. The van der Waals surface area contributed by atoms with E-state index in [1.165, 1.54) is 13.2 Å². The van der Waals surface area contributed by atoms with Gasteiger partial charge in [-0.2, -0.15) is 0 Å². The number of rotatable bonds is 2. The SMILES string of the molecule is COc1c(F)cccc1CN. The van der Waals surface area contributed by atoms with Gasteiger partial charge in [0.1, 0.15) is 0 Å². The summed E-state index contributed by atoms with van der Waals surface area (Å²) in [7, 11) is 1.43. The highest BCUT2D eigenvalue weighted by molar-refractivity contribution is 5.34. The van der Waals surface area contributed by atoms with Gasteiger partial charge in [-0.05, 0) is 6.07 Å². The standard InChI is InChI=1S/C8H10FNO/c1-11-8-6(5-10)3-2-4-7(8)9/h2-4H,5,10H2,1H3. The third-order valence-corrected chi connectivity index (χ3v) is 1.47. The third kappa shape index (κ3) is 1.49. The molecular formula is C8H10FNO. The topological polar surface area (TPSA) is 35.2 Å². The molecule has 0 unspecified atom stereocenters. The van der Waals surface area contributed by atoms with E-state index in [2.05, 4.69) is 0 Å². The van der Waals surface area contributed by atoms with Crippen LogP contribution in [0.5, 0.6) is 5.75 Å². The van der Waals surface area contributed by atoms with Crippen molar-refractivity contribution in [3.63, 3.8) is 0 Å². The maximum Gasteiger partial charge on any atom is 0.165 e. The van der Waals surface area contributed by atoms with Crippen LogP contribution in [0.4, 0.5) is 4.39 Å². The zero-order valence-electron chi connectivity index (χ0n) is 6.30. The molecule has 11 heavy (non-hydrogen) atoms. The lowest BCUT2D eigenvalue weighted by atomic mass is 10.2. The lowest BCUT2D eigenvalue weighted by molar-refractivity contribution is 0.381. The predicted octanol–water partition coefficient (Wildman–Crippen LogP) is 1.29. The van der Waals surface area contributed by atoms with E-state index in [0.717, 1.165) is 0 Å². The summed E-state index contributed by atoms with van der Waals surface area (Å²) in [5.41, 5.74) is 6.04. The molecule has 2 nitrogen and oxygen atoms in total. The summed E-state index contributed by atoms with van der Waals surface area (Å²) in [5.74, 6) is -0.120. The van der Waals surface area contributed by atoms with Crippen LogP contribution in [0.25, 0.3) is 0 Å². The highest BCUT2D eigenvalue weighted by Gasteiger charge is 2.05. The van der Waals surface area contributed by atoms with Crippen LogP contribution in [0.3, 0.4) is 0 Å². The van der Waals surface area contributed by atoms with Crippen LogP contribution < -0.4 is 10.5 Å². The molecule has 0 aliphatic heterocycles. The molecule has 0 bridgehead atoms. The molecule has 0 aliphatic carbocycles. The van der Waals surface area contributed by atoms with Crippen LogP contribution in [-0.4, -0.2) is 7.11 Å². The van der Waals surface area contributed by atoms with Crippen molar-refractivity contribution in [1.29, 1.82) is 0 Å². The summed E-state index contributed by atoms with van der Waals surface area (Å²) in [5, 5.41) is 0. The second kappa shape index (κ2) is 3.34. The minimum atomic E-state index is -0.365. The average Bonchev–Trinajstić information content (AvgIpc) is 2.04. The first-order chi connectivity index (χ1) is 5.29. The van der Waals surface area contributed by atoms with E-state index in [1.54, 1.807) is 12.1 Å². The van der Waals surface area contributed by atoms with E-state index in [0.29, 0.717) is 12.1 Å². The Bertz CT molecular complexity index is 250. The van der Waals surface area contributed by atoms with Gasteiger partial charge in [0, 0.05) is 12.1 Å². The average molecular weight is 155 g/mol. The fraction of sp³-hybridized carbons (Fsp3) is 0.250. The molecule has 0 aliphatic rings. The monoisotopic (exact) mass is 155 g/mol. The number of methoxy groups -OCH3 is 1. The number of para-hydroxylation sites is 1. The van der Waals surface area contributed by atoms with Crippen molar-refractivity contribution in [2.24, 2.45) is 5.73 Å². The summed E-state index contributed by atoms with van der Waals surface area (Å²) < 4.78 is 17.7. The number of ether oxygens (including phenoxy) is 1. The summed E-state index contributed by atoms with van der Waals surface area (Å²) in [4.78, 5) is 0. The van der Waals surface area contributed by atoms with Crippen LogP contribution in [0.1, 0.15) is 5.56 Å². The van der Waals surface area contributed by atoms with Gasteiger partial charge in [-0.15, -0.1) is 0 Å². The fourth-order valence-corrected chi connectivity index (χ4v) is 0.943. The molecule has 0 saturated heterocycles. The molecule has 0 heterocycles. The van der Waals surface area contributed by atoms with Gasteiger partial charge in [0.25, 0.3) is 0 Å². The fourth-order valence-electron chi connectivity index (χ4n) is 0.943. The molecule has 1 rings (SSSR count). The lowest BCUT2D eigenvalue weighted by Crippen LogP contribution is -2.01. The molecule has 0 saturated carbocycles. The Morgan fingerprint density at radius 1 is 1.55 bits per heavy atom. The predicted molar refractivity (Wildman–Crippen MR) is 40.8 cm³/mol. The van der Waals surface area contributed by atoms with E-state index in [9.17, 15) is 4.39 Å². The molecule has 1 aromatic carbocycles. The number of halogens is 1. The molecule has 1 aromatic rings. The van der Waals surface area contributed by atoms with E-state index in [1.807, 2.05) is 0 Å². The molecule has 0 spiro atoms. The molecule has 2 N–H and O–H groups in total. The van der Waals surface area contributed by atoms with Gasteiger partial charge < -0.3 is 10.5 Å². The van der Waals surface area contributed by atoms with Gasteiger partial charge >= 0.3 is 0 Å². The van der Waals surface area contributed by atoms with Crippen molar-refractivity contribution >= 4 is 0 Å². The van der Waals surface area contributed by atoms with Crippen LogP contribution in [-0.2, 0) is 6.54 Å². The van der Waals surface area contributed by atoms with Crippen molar-refractivity contribution in [3.8, 4) is 5.75 Å². The Morgan fingerprint density at radius 3 is 2.73 bits per heavy atom. The first-order valence-corrected chi connectivity index (χ1v) is 3.31. The van der Waals surface area contributed by atoms with E-state index >= 15 is 0 Å². The Labute approximate surface area is 64.8 Å². The van der Waals surface area contributed by atoms with Crippen LogP contribution >= 0.6 is 0 Å². The van der Waals surface area contributed by atoms with Gasteiger partial charge in [0.2, 0.25) is 0 Å². The zero-order valence-corrected chi connectivity index (χ0v) is 6.30. The lowest BCUT2D eigenvalue weighted by Gasteiger charge is -2.05. The van der Waals surface area contributed by atoms with Gasteiger partial charge in [0.15, 0.2) is 11.6 Å². The first-order valence-electron chi connectivity index (χ1n) is 3.31. The quantitative estimate of drug-likeness (QED) is 0.698. The molecule has 0 atom stereocenters. The molecule has 0 amide bonds. The molecule has 0 radical (unpaired) electrons. The van der Waals surface area contributed by atoms with Gasteiger partial charge in [-0.1, -0.05) is 12.1 Å². The normalized spacial score (nSPS) is 9.73. The Kier molecular flexibility index (Phi) is 2.44. The van der Waals surface area contributed by atoms with Gasteiger partial charge in [-0.25, -0.2) is 4.39 Å². The highest BCUT2D eigenvalue weighted by atomic mass is 19.1. The second-order valence-electron chi connectivity index (χ2n) is 2.14. The van der Waals surface area contributed by atoms with Crippen molar-refractivity contribution < 1.29 is 9.13 Å². The molecular weight excluding hydrogens is 145 g/mol. The minimum Gasteiger partial charge on any atom is -0.493 e. The number of benzene rings is 1. The molecule has 3 heteroatoms. The highest BCUT2D eigenvalue weighted by Crippen LogP contribution is 2.20. The van der Waals surface area contributed by atoms with Crippen molar-refractivity contribution in [2.75, 3.05) is 7.11 Å². The minimum absolute atomic E-state index is 0.245. The summed E-state index contributed by atoms with van der Waals surface area (Å²) >= 11 is 0. The third-order valence-electron chi connectivity index (χ3n) is 1.47. The molecule has 60 valence electrons. The van der Waals surface area contributed by atoms with Crippen molar-refractivity contribution in [2.45, 2.75) is 6.54 Å². The Balaban J connectivity index is 3.13. The van der Waals surface area contributed by atoms with Crippen LogP contribution in [0, 0.1) is 5.82 Å². The number of hydrogen-bond donors (Lipinski definition) is 1. The van der Waals surface area contributed by atoms with E-state index in [4.69, 9.17) is 10.5 Å². The van der Waals surface area contributed by atoms with Gasteiger partial charge in [-0.3, -0.25) is 0 Å². The van der Waals surface area contributed by atoms with Gasteiger partial charge in [0.05, 0.1) is 7.11 Å². The van der Waals surface area contributed by atoms with Crippen LogP contribution in [0.2, 0.25) is 0 Å². The number of nitrogens with two attached hydrogens (primary N) is 1. The van der Waals surface area contributed by atoms with Crippen LogP contribution in [0.15, 0.2) is 18.2 Å². The van der Waals surface area contributed by atoms with Crippen molar-refractivity contribution in [3.05, 3.63) is 29.6 Å². The maximum absolute atomic E-state index is 12.9. The summed E-state index contributed by atoms with van der Waals surface area (Å²) in [6.45, 7) is 0.293. The zero-order chi connectivity index (χ0) is 8.27. The van der Waals surface area contributed by atoms with E-state index in [-0.39, 0.29) is 11.6 Å². The molecule has 0 aromatic heterocycles. The van der Waals surface area contributed by atoms with E-state index < -0.39 is 0 Å². The first kappa shape index (κ1) is 8.01. The Morgan fingerprint density at radius 2 is 2.27 bits per heavy atom. The maximum atomic E-state index is 12.9. The smallest absolute Gasteiger partial charge is 0.165 e.